The van der Waals surface area contributed by atoms with E-state index in [1.165, 1.54) is 19.9 Å². The maximum absolute atomic E-state index is 13.4. The van der Waals surface area contributed by atoms with Gasteiger partial charge in [-0.25, -0.2) is 0 Å². The van der Waals surface area contributed by atoms with Crippen LogP contribution in [0.3, 0.4) is 0 Å². The van der Waals surface area contributed by atoms with Gasteiger partial charge in [-0.1, -0.05) is 0 Å². The van der Waals surface area contributed by atoms with Gasteiger partial charge in [0, 0.05) is 17.2 Å². The second kappa shape index (κ2) is 8.46. The van der Waals surface area contributed by atoms with Gasteiger partial charge in [0.15, 0.2) is 11.6 Å². The van der Waals surface area contributed by atoms with Crippen LogP contribution in [0.4, 0.5) is 0 Å². The summed E-state index contributed by atoms with van der Waals surface area (Å²) in [4.78, 5) is 38.6. The number of carbonyl (C=O) groups excluding carboxylic acids is 3. The van der Waals surface area contributed by atoms with Crippen molar-refractivity contribution in [2.24, 2.45) is 0 Å². The van der Waals surface area contributed by atoms with Crippen molar-refractivity contribution in [2.75, 3.05) is 6.61 Å². The molecule has 6 N–H and O–H groups in total. The van der Waals surface area contributed by atoms with Crippen LogP contribution in [0.25, 0.3) is 0 Å². The average Bonchev–Trinajstić information content (AvgIpc) is 2.76. The van der Waals surface area contributed by atoms with Crippen LogP contribution in [0.15, 0.2) is 18.2 Å². The first kappa shape index (κ1) is 23.8. The van der Waals surface area contributed by atoms with E-state index in [4.69, 9.17) is 9.47 Å². The van der Waals surface area contributed by atoms with E-state index in [-0.39, 0.29) is 27.8 Å². The molecule has 2 aliphatic rings. The zero-order chi connectivity index (χ0) is 25.1. The lowest BCUT2D eigenvalue weighted by Crippen LogP contribution is -2.60. The number of aromatic hydroxyl groups is 2. The molecule has 0 saturated carbocycles. The molecule has 1 aliphatic heterocycles. The minimum absolute atomic E-state index is 0.126. The number of benzene rings is 2. The summed E-state index contributed by atoms with van der Waals surface area (Å²) in [5, 5.41) is 60.4. The van der Waals surface area contributed by atoms with E-state index in [0.29, 0.717) is 0 Å². The Morgan fingerprint density at radius 2 is 1.62 bits per heavy atom. The Bertz CT molecular complexity index is 1220. The van der Waals surface area contributed by atoms with Crippen LogP contribution in [0.5, 0.6) is 17.2 Å². The minimum atomic E-state index is -1.82. The molecule has 11 nitrogen and oxygen atoms in total. The molecular formula is C23H22O11. The number of hydrogen-bond donors (Lipinski definition) is 6. The fourth-order valence-electron chi connectivity index (χ4n) is 4.32. The van der Waals surface area contributed by atoms with Gasteiger partial charge in [0.2, 0.25) is 12.1 Å². The topological polar surface area (TPSA) is 191 Å². The number of aryl methyl sites for hydroxylation is 1. The highest BCUT2D eigenvalue weighted by atomic mass is 16.7. The highest BCUT2D eigenvalue weighted by molar-refractivity contribution is 6.31. The predicted octanol–water partition coefficient (Wildman–Crippen LogP) is -0.437. The van der Waals surface area contributed by atoms with E-state index >= 15 is 0 Å². The third-order valence-electron chi connectivity index (χ3n) is 5.97. The third-order valence-corrected chi connectivity index (χ3v) is 5.97. The standard InChI is InChI=1S/C23H22O11/c1-7-3-10-16(19(29)14(7)8(2)25)20(30)15-11(17(10)27)4-9(26)5-12(15)33-23-22(32)21(31)18(28)13(6-24)34-23/h3-5,13,18,21-24,26,28-29,31-32H,6H2,1-2H3/t13-,18-,21+,22-,23-/m1/s1. The first-order valence-corrected chi connectivity index (χ1v) is 10.3. The normalized spacial score (nSPS) is 26.1. The number of aliphatic hydroxyl groups excluding tert-OH is 4. The molecule has 2 aromatic rings. The number of carbonyl (C=O) groups is 3. The van der Waals surface area contributed by atoms with E-state index in [1.807, 2.05) is 0 Å². The molecule has 0 aromatic heterocycles. The smallest absolute Gasteiger partial charge is 0.229 e. The summed E-state index contributed by atoms with van der Waals surface area (Å²) in [7, 11) is 0. The molecular weight excluding hydrogens is 452 g/mol. The summed E-state index contributed by atoms with van der Waals surface area (Å²) in [6.07, 6.45) is -8.26. The summed E-state index contributed by atoms with van der Waals surface area (Å²) in [6.45, 7) is 1.97. The molecule has 34 heavy (non-hydrogen) atoms. The van der Waals surface area contributed by atoms with Gasteiger partial charge >= 0.3 is 0 Å². The van der Waals surface area contributed by atoms with Gasteiger partial charge in [-0.2, -0.15) is 0 Å². The third kappa shape index (κ3) is 3.54. The molecule has 1 heterocycles. The van der Waals surface area contributed by atoms with E-state index in [0.717, 1.165) is 12.1 Å². The molecule has 0 bridgehead atoms. The molecule has 0 radical (unpaired) electrons. The summed E-state index contributed by atoms with van der Waals surface area (Å²) < 4.78 is 10.8. The van der Waals surface area contributed by atoms with Gasteiger partial charge in [-0.15, -0.1) is 0 Å². The number of Topliss-reactive ketones (excluding diaryl/α,β-unsaturated/α-hetero) is 1. The van der Waals surface area contributed by atoms with Crippen molar-refractivity contribution in [3.8, 4) is 17.2 Å². The van der Waals surface area contributed by atoms with Crippen molar-refractivity contribution in [1.29, 1.82) is 0 Å². The number of rotatable bonds is 4. The second-order valence-corrected chi connectivity index (χ2v) is 8.24. The number of hydrogen-bond acceptors (Lipinski definition) is 11. The molecule has 1 fully saturated rings. The fourth-order valence-corrected chi connectivity index (χ4v) is 4.32. The van der Waals surface area contributed by atoms with Gasteiger partial charge < -0.3 is 40.1 Å². The lowest BCUT2D eigenvalue weighted by molar-refractivity contribution is -0.277. The molecule has 4 rings (SSSR count). The van der Waals surface area contributed by atoms with Gasteiger partial charge in [0.1, 0.15) is 41.7 Å². The van der Waals surface area contributed by atoms with Gasteiger partial charge in [0.25, 0.3) is 0 Å². The summed E-state index contributed by atoms with van der Waals surface area (Å²) in [6, 6.07) is 3.30. The summed E-state index contributed by atoms with van der Waals surface area (Å²) in [5.74, 6) is -3.69. The largest absolute Gasteiger partial charge is 0.508 e. The van der Waals surface area contributed by atoms with Crippen molar-refractivity contribution in [3.05, 3.63) is 51.6 Å². The number of aliphatic hydroxyl groups is 4. The van der Waals surface area contributed by atoms with E-state index in [9.17, 15) is 45.0 Å². The number of fused-ring (bicyclic) bond motifs is 2. The van der Waals surface area contributed by atoms with E-state index in [1.54, 1.807) is 0 Å². The van der Waals surface area contributed by atoms with E-state index < -0.39 is 77.5 Å². The lowest BCUT2D eigenvalue weighted by Gasteiger charge is -2.39. The quantitative estimate of drug-likeness (QED) is 0.269. The van der Waals surface area contributed by atoms with Crippen LogP contribution < -0.4 is 4.74 Å². The Morgan fingerprint density at radius 1 is 0.971 bits per heavy atom. The Balaban J connectivity index is 1.84. The maximum Gasteiger partial charge on any atom is 0.229 e. The Kier molecular flexibility index (Phi) is 5.92. The van der Waals surface area contributed by atoms with Gasteiger partial charge in [-0.3, -0.25) is 14.4 Å². The highest BCUT2D eigenvalue weighted by Gasteiger charge is 2.46. The van der Waals surface area contributed by atoms with E-state index in [2.05, 4.69) is 0 Å². The summed E-state index contributed by atoms with van der Waals surface area (Å²) >= 11 is 0. The molecule has 2 aromatic carbocycles. The molecule has 1 saturated heterocycles. The first-order chi connectivity index (χ1) is 16.0. The Hall–Kier alpha value is -3.35. The summed E-state index contributed by atoms with van der Waals surface area (Å²) in [5.41, 5.74) is -1.06. The predicted molar refractivity (Wildman–Crippen MR) is 112 cm³/mol. The SMILES string of the molecule is CC(=O)c1c(C)cc2c(c1O)C(=O)c1c(O[C@@H]3O[C@H](CO)[C@@H](O)[C@H](O)[C@H]3O)cc(O)cc1C2=O. The fraction of sp³-hybridized carbons (Fsp3) is 0.348. The van der Waals surface area contributed by atoms with Crippen molar-refractivity contribution >= 4 is 17.3 Å². The van der Waals surface area contributed by atoms with Crippen LogP contribution in [-0.4, -0.2) is 85.3 Å². The van der Waals surface area contributed by atoms with Crippen LogP contribution in [0.2, 0.25) is 0 Å². The van der Waals surface area contributed by atoms with Gasteiger partial charge in [0.05, 0.1) is 23.3 Å². The molecule has 0 unspecified atom stereocenters. The Labute approximate surface area is 192 Å². The molecule has 0 amide bonds. The Morgan fingerprint density at radius 3 is 2.24 bits per heavy atom. The number of ketones is 3. The van der Waals surface area contributed by atoms with Crippen LogP contribution >= 0.6 is 0 Å². The van der Waals surface area contributed by atoms with Crippen molar-refractivity contribution in [2.45, 2.75) is 44.6 Å². The van der Waals surface area contributed by atoms with Crippen LogP contribution in [-0.2, 0) is 4.74 Å². The molecule has 0 spiro atoms. The minimum Gasteiger partial charge on any atom is -0.508 e. The molecule has 180 valence electrons. The molecule has 1 aliphatic carbocycles. The zero-order valence-electron chi connectivity index (χ0n) is 18.1. The number of phenolic OH excluding ortho intramolecular Hbond substituents is 2. The molecule has 11 heteroatoms. The van der Waals surface area contributed by atoms with Crippen molar-refractivity contribution < 1.29 is 54.5 Å². The highest BCUT2D eigenvalue weighted by Crippen LogP contribution is 2.42. The second-order valence-electron chi connectivity index (χ2n) is 8.24. The van der Waals surface area contributed by atoms with Crippen LogP contribution in [0.1, 0.15) is 54.7 Å². The number of phenols is 2. The van der Waals surface area contributed by atoms with Crippen molar-refractivity contribution in [1.82, 2.24) is 0 Å². The monoisotopic (exact) mass is 474 g/mol. The average molecular weight is 474 g/mol. The maximum atomic E-state index is 13.4. The zero-order valence-corrected chi connectivity index (χ0v) is 18.1. The van der Waals surface area contributed by atoms with Crippen LogP contribution in [0, 0.1) is 6.92 Å². The van der Waals surface area contributed by atoms with Crippen molar-refractivity contribution in [3.63, 3.8) is 0 Å². The number of ether oxygens (including phenoxy) is 2. The molecule has 5 atom stereocenters. The first-order valence-electron chi connectivity index (χ1n) is 10.3. The lowest BCUT2D eigenvalue weighted by atomic mass is 9.80. The van der Waals surface area contributed by atoms with Gasteiger partial charge in [-0.05, 0) is 31.5 Å².